The van der Waals surface area contributed by atoms with Crippen molar-refractivity contribution >= 4 is 0 Å². The molecule has 0 spiro atoms. The number of rotatable bonds is 2. The van der Waals surface area contributed by atoms with Gasteiger partial charge in [-0.05, 0) is 17.2 Å². The highest BCUT2D eigenvalue weighted by molar-refractivity contribution is 5.71. The molecule has 9 heteroatoms. The average Bonchev–Trinajstić information content (AvgIpc) is 2.67. The zero-order valence-electron chi connectivity index (χ0n) is 12.8. The molecule has 0 atom stereocenters. The van der Waals surface area contributed by atoms with Crippen molar-refractivity contribution in [2.24, 2.45) is 0 Å². The van der Waals surface area contributed by atoms with Crippen LogP contribution in [-0.4, -0.2) is 0 Å². The van der Waals surface area contributed by atoms with Gasteiger partial charge in [-0.2, -0.15) is 0 Å². The fraction of sp³-hybridized carbons (Fsp3) is 0. The van der Waals surface area contributed by atoms with Crippen molar-refractivity contribution < 1.29 is 39.5 Å². The molecule has 0 heterocycles. The van der Waals surface area contributed by atoms with E-state index >= 15 is 0 Å². The van der Waals surface area contributed by atoms with Crippen LogP contribution >= 0.6 is 0 Å². The third-order valence-electron chi connectivity index (χ3n) is 3.80. The summed E-state index contributed by atoms with van der Waals surface area (Å²) >= 11 is 0. The van der Waals surface area contributed by atoms with Crippen LogP contribution in [-0.2, 0) is 0 Å². The second kappa shape index (κ2) is 6.64. The fourth-order valence-electron chi connectivity index (χ4n) is 2.46. The second-order valence-corrected chi connectivity index (χ2v) is 5.37. The quantitative estimate of drug-likeness (QED) is 0.274. The molecule has 0 saturated heterocycles. The van der Waals surface area contributed by atoms with E-state index in [0.717, 1.165) is 24.3 Å². The highest BCUT2D eigenvalue weighted by atomic mass is 19.2. The first-order valence-corrected chi connectivity index (χ1v) is 7.10. The van der Waals surface area contributed by atoms with E-state index in [-0.39, 0.29) is 5.56 Å². The Morgan fingerprint density at radius 3 is 1.33 bits per heavy atom. The topological polar surface area (TPSA) is 0 Å². The van der Waals surface area contributed by atoms with Crippen LogP contribution in [0.1, 0.15) is 0 Å². The highest BCUT2D eigenvalue weighted by Gasteiger charge is 2.27. The Morgan fingerprint density at radius 1 is 0.407 bits per heavy atom. The van der Waals surface area contributed by atoms with Crippen molar-refractivity contribution in [1.82, 2.24) is 0 Å². The fourth-order valence-corrected chi connectivity index (χ4v) is 2.46. The molecule has 0 aliphatic heterocycles. The lowest BCUT2D eigenvalue weighted by atomic mass is 9.98. The van der Waals surface area contributed by atoms with Crippen LogP contribution in [0.2, 0.25) is 0 Å². The van der Waals surface area contributed by atoms with E-state index in [2.05, 4.69) is 0 Å². The molecule has 0 amide bonds. The maximum Gasteiger partial charge on any atom is 0.200 e. The highest BCUT2D eigenvalue weighted by Crippen LogP contribution is 2.34. The van der Waals surface area contributed by atoms with Crippen molar-refractivity contribution in [2.45, 2.75) is 0 Å². The van der Waals surface area contributed by atoms with E-state index < -0.39 is 69.0 Å². The van der Waals surface area contributed by atoms with Crippen molar-refractivity contribution in [2.75, 3.05) is 0 Å². The smallest absolute Gasteiger partial charge is 0.200 e. The van der Waals surface area contributed by atoms with Crippen LogP contribution in [0.4, 0.5) is 39.5 Å². The third kappa shape index (κ3) is 2.92. The summed E-state index contributed by atoms with van der Waals surface area (Å²) in [6.07, 6.45) is 0. The lowest BCUT2D eigenvalue weighted by Gasteiger charge is -2.10. The minimum atomic E-state index is -2.33. The van der Waals surface area contributed by atoms with E-state index in [9.17, 15) is 39.5 Å². The Kier molecular flexibility index (Phi) is 4.63. The minimum absolute atomic E-state index is 0.224. The van der Waals surface area contributed by atoms with Gasteiger partial charge in [-0.1, -0.05) is 24.3 Å². The average molecular weight is 392 g/mol. The molecule has 3 aromatic rings. The van der Waals surface area contributed by atoms with Crippen molar-refractivity contribution in [3.05, 3.63) is 82.7 Å². The third-order valence-corrected chi connectivity index (χ3v) is 3.80. The molecule has 0 radical (unpaired) electrons. The lowest BCUT2D eigenvalue weighted by molar-refractivity contribution is 0.381. The van der Waals surface area contributed by atoms with E-state index in [1.807, 2.05) is 0 Å². The van der Waals surface area contributed by atoms with E-state index in [1.54, 1.807) is 0 Å². The van der Waals surface area contributed by atoms with Gasteiger partial charge in [0.05, 0.1) is 5.56 Å². The Bertz CT molecular complexity index is 1030. The van der Waals surface area contributed by atoms with Gasteiger partial charge in [0.2, 0.25) is 5.82 Å². The first kappa shape index (κ1) is 18.8. The van der Waals surface area contributed by atoms with Crippen molar-refractivity contribution in [3.8, 4) is 22.3 Å². The van der Waals surface area contributed by atoms with Gasteiger partial charge in [-0.25, -0.2) is 39.5 Å². The molecule has 0 nitrogen and oxygen atoms in total. The summed E-state index contributed by atoms with van der Waals surface area (Å²) in [4.78, 5) is 0. The predicted molar refractivity (Wildman–Crippen MR) is 76.9 cm³/mol. The minimum Gasteiger partial charge on any atom is -0.204 e. The maximum atomic E-state index is 13.8. The van der Waals surface area contributed by atoms with Gasteiger partial charge in [0.25, 0.3) is 0 Å². The summed E-state index contributed by atoms with van der Waals surface area (Å²) in [5.41, 5.74) is -2.61. The van der Waals surface area contributed by atoms with E-state index in [1.165, 1.54) is 0 Å². The van der Waals surface area contributed by atoms with Crippen molar-refractivity contribution in [1.29, 1.82) is 0 Å². The summed E-state index contributed by atoms with van der Waals surface area (Å²) in [5, 5.41) is 0. The van der Waals surface area contributed by atoms with Gasteiger partial charge >= 0.3 is 0 Å². The van der Waals surface area contributed by atoms with Crippen LogP contribution in [0.3, 0.4) is 0 Å². The van der Waals surface area contributed by atoms with Crippen LogP contribution in [0.5, 0.6) is 0 Å². The van der Waals surface area contributed by atoms with Crippen LogP contribution in [0.25, 0.3) is 22.3 Å². The Hall–Kier alpha value is -2.97. The predicted octanol–water partition coefficient (Wildman–Crippen LogP) is 6.27. The largest absolute Gasteiger partial charge is 0.204 e. The Labute approximate surface area is 145 Å². The molecular formula is C18H5F9. The summed E-state index contributed by atoms with van der Waals surface area (Å²) in [7, 11) is 0. The molecule has 0 unspecified atom stereocenters. The van der Waals surface area contributed by atoms with Crippen LogP contribution < -0.4 is 0 Å². The molecule has 0 aliphatic rings. The maximum absolute atomic E-state index is 13.8. The SMILES string of the molecule is Fc1cc(-c2ccc(-c3c(F)c(F)c(F)c(F)c3F)cc2)c(F)c(F)c1F. The van der Waals surface area contributed by atoms with Crippen molar-refractivity contribution in [3.63, 3.8) is 0 Å². The van der Waals surface area contributed by atoms with Gasteiger partial charge in [0.15, 0.2) is 46.5 Å². The zero-order valence-corrected chi connectivity index (χ0v) is 12.8. The molecule has 140 valence electrons. The van der Waals surface area contributed by atoms with Crippen LogP contribution in [0, 0.1) is 52.4 Å². The lowest BCUT2D eigenvalue weighted by Crippen LogP contribution is -2.04. The van der Waals surface area contributed by atoms with Gasteiger partial charge < -0.3 is 0 Å². The number of hydrogen-bond acceptors (Lipinski definition) is 0. The molecular weight excluding hydrogens is 387 g/mol. The van der Waals surface area contributed by atoms with Gasteiger partial charge in [0.1, 0.15) is 0 Å². The van der Waals surface area contributed by atoms with Gasteiger partial charge in [-0.3, -0.25) is 0 Å². The zero-order chi connectivity index (χ0) is 20.0. The molecule has 3 rings (SSSR count). The summed E-state index contributed by atoms with van der Waals surface area (Å²) in [5.74, 6) is -18.3. The number of benzene rings is 3. The molecule has 0 saturated carbocycles. The van der Waals surface area contributed by atoms with Crippen LogP contribution in [0.15, 0.2) is 30.3 Å². The number of halogens is 9. The van der Waals surface area contributed by atoms with E-state index in [0.29, 0.717) is 6.07 Å². The van der Waals surface area contributed by atoms with Gasteiger partial charge in [0, 0.05) is 5.56 Å². The molecule has 0 aromatic heterocycles. The molecule has 0 fully saturated rings. The standard InChI is InChI=1S/C18H5F9/c19-9-5-8(11(20)15(24)12(9)21)6-1-3-7(4-2-6)10-13(22)16(25)18(27)17(26)14(10)23/h1-5H. The van der Waals surface area contributed by atoms with Gasteiger partial charge in [-0.15, -0.1) is 0 Å². The van der Waals surface area contributed by atoms with E-state index in [4.69, 9.17) is 0 Å². The second-order valence-electron chi connectivity index (χ2n) is 5.37. The molecule has 27 heavy (non-hydrogen) atoms. The summed E-state index contributed by atoms with van der Waals surface area (Å²) < 4.78 is 121. The molecule has 0 bridgehead atoms. The summed E-state index contributed by atoms with van der Waals surface area (Å²) in [6, 6.07) is 3.91. The normalized spacial score (nSPS) is 11.1. The first-order chi connectivity index (χ1) is 12.6. The summed E-state index contributed by atoms with van der Waals surface area (Å²) in [6.45, 7) is 0. The Balaban J connectivity index is 2.14. The Morgan fingerprint density at radius 2 is 0.815 bits per heavy atom. The monoisotopic (exact) mass is 392 g/mol. The molecule has 0 aliphatic carbocycles. The number of hydrogen-bond donors (Lipinski definition) is 0. The molecule has 0 N–H and O–H groups in total. The molecule has 3 aromatic carbocycles. The first-order valence-electron chi connectivity index (χ1n) is 7.10.